The van der Waals surface area contributed by atoms with Crippen molar-refractivity contribution in [2.45, 2.75) is 43.8 Å². The van der Waals surface area contributed by atoms with Gasteiger partial charge in [-0.15, -0.1) is 0 Å². The quantitative estimate of drug-likeness (QED) is 0.275. The van der Waals surface area contributed by atoms with Gasteiger partial charge in [-0.1, -0.05) is 54.6 Å². The highest BCUT2D eigenvalue weighted by Gasteiger charge is 2.31. The molecule has 1 saturated carbocycles. The molecule has 3 N–H and O–H groups in total. The van der Waals surface area contributed by atoms with Gasteiger partial charge in [0.2, 0.25) is 0 Å². The maximum absolute atomic E-state index is 13.2. The van der Waals surface area contributed by atoms with Gasteiger partial charge in [0.15, 0.2) is 5.65 Å². The highest BCUT2D eigenvalue weighted by molar-refractivity contribution is 5.98. The van der Waals surface area contributed by atoms with Crippen LogP contribution in [0.4, 0.5) is 5.82 Å². The Bertz CT molecular complexity index is 1740. The van der Waals surface area contributed by atoms with Crippen LogP contribution in [0.1, 0.15) is 59.3 Å². The van der Waals surface area contributed by atoms with Crippen LogP contribution in [-0.2, 0) is 0 Å². The lowest BCUT2D eigenvalue weighted by atomic mass is 9.90. The third kappa shape index (κ3) is 6.03. The van der Waals surface area contributed by atoms with E-state index in [0.717, 1.165) is 85.3 Å². The summed E-state index contributed by atoms with van der Waals surface area (Å²) in [5.41, 5.74) is 11.5. The monoisotopic (exact) mass is 601 g/mol. The van der Waals surface area contributed by atoms with Gasteiger partial charge in [0.05, 0.1) is 17.5 Å². The van der Waals surface area contributed by atoms with Gasteiger partial charge in [0.1, 0.15) is 17.8 Å². The van der Waals surface area contributed by atoms with Crippen molar-refractivity contribution in [2.24, 2.45) is 0 Å². The van der Waals surface area contributed by atoms with E-state index in [9.17, 15) is 4.79 Å². The van der Waals surface area contributed by atoms with E-state index in [1.165, 1.54) is 6.33 Å². The minimum Gasteiger partial charge on any atom is -0.383 e. The van der Waals surface area contributed by atoms with Crippen molar-refractivity contribution in [3.8, 4) is 11.3 Å². The van der Waals surface area contributed by atoms with Gasteiger partial charge in [-0.05, 0) is 56.0 Å². The summed E-state index contributed by atoms with van der Waals surface area (Å²) in [5.74, 6) is 0.274. The van der Waals surface area contributed by atoms with E-state index in [1.54, 1.807) is 24.5 Å². The standard InChI is InChI=1S/C35H39N9O/c1-42-19-21-43(22-20-42)28-11-13-29(14-12-28)44-34-30(33(36)38-23-39-34)32(41-44)26-9-7-25(8-10-26)31(24-5-3-2-4-6-24)40-35(45)27-15-17-37-18-16-27/h2-10,15-18,23,28-29,31H,11-14,19-22H2,1H3,(H,40,45)(H2,36,38,39). The predicted octanol–water partition coefficient (Wildman–Crippen LogP) is 4.72. The van der Waals surface area contributed by atoms with E-state index < -0.39 is 0 Å². The van der Waals surface area contributed by atoms with Gasteiger partial charge in [-0.3, -0.25) is 14.7 Å². The normalized spacial score (nSPS) is 20.2. The molecular formula is C35H39N9O. The van der Waals surface area contributed by atoms with E-state index in [-0.39, 0.29) is 18.0 Å². The molecule has 7 rings (SSSR count). The van der Waals surface area contributed by atoms with Gasteiger partial charge in [-0.25, -0.2) is 14.6 Å². The zero-order valence-corrected chi connectivity index (χ0v) is 25.6. The largest absolute Gasteiger partial charge is 0.383 e. The number of piperazine rings is 1. The molecule has 1 saturated heterocycles. The molecule has 2 aromatic carbocycles. The maximum atomic E-state index is 13.2. The van der Waals surface area contributed by atoms with Crippen LogP contribution in [0.25, 0.3) is 22.3 Å². The topological polar surface area (TPSA) is 118 Å². The minimum absolute atomic E-state index is 0.160. The number of carbonyl (C=O) groups excluding carboxylic acids is 1. The first-order valence-corrected chi connectivity index (χ1v) is 15.8. The molecule has 5 aromatic rings. The molecule has 0 spiro atoms. The van der Waals surface area contributed by atoms with Crippen molar-refractivity contribution >= 4 is 22.8 Å². The Balaban J connectivity index is 1.16. The number of likely N-dealkylation sites (N-methyl/N-ethyl adjacent to an activating group) is 1. The highest BCUT2D eigenvalue weighted by Crippen LogP contribution is 2.37. The summed E-state index contributed by atoms with van der Waals surface area (Å²) in [5, 5.41) is 9.15. The van der Waals surface area contributed by atoms with Crippen LogP contribution in [0.3, 0.4) is 0 Å². The molecule has 1 aliphatic carbocycles. The zero-order chi connectivity index (χ0) is 30.8. The van der Waals surface area contributed by atoms with Gasteiger partial charge < -0.3 is 16.0 Å². The number of benzene rings is 2. The molecule has 0 bridgehead atoms. The summed E-state index contributed by atoms with van der Waals surface area (Å²) in [6.45, 7) is 4.59. The number of aromatic nitrogens is 5. The van der Waals surface area contributed by atoms with Gasteiger partial charge in [-0.2, -0.15) is 5.10 Å². The lowest BCUT2D eigenvalue weighted by molar-refractivity contribution is 0.0815. The van der Waals surface area contributed by atoms with Crippen LogP contribution in [0, 0.1) is 0 Å². The van der Waals surface area contributed by atoms with E-state index in [2.05, 4.69) is 41.8 Å². The van der Waals surface area contributed by atoms with E-state index in [0.29, 0.717) is 17.4 Å². The number of anilines is 1. The fraction of sp³-hybridized carbons (Fsp3) is 0.343. The molecule has 1 unspecified atom stereocenters. The second-order valence-corrected chi connectivity index (χ2v) is 12.2. The number of nitrogen functional groups attached to an aromatic ring is 1. The van der Waals surface area contributed by atoms with Crippen molar-refractivity contribution in [3.05, 3.63) is 102 Å². The molecule has 2 fully saturated rings. The summed E-state index contributed by atoms with van der Waals surface area (Å²) in [7, 11) is 2.21. The first-order valence-electron chi connectivity index (χ1n) is 15.8. The Kier molecular flexibility index (Phi) is 8.23. The Morgan fingerprint density at radius 2 is 1.51 bits per heavy atom. The summed E-state index contributed by atoms with van der Waals surface area (Å²) in [6, 6.07) is 22.2. The average molecular weight is 602 g/mol. The number of hydrogen-bond donors (Lipinski definition) is 2. The number of carbonyl (C=O) groups is 1. The van der Waals surface area contributed by atoms with Crippen LogP contribution in [0.15, 0.2) is 85.5 Å². The molecule has 1 atom stereocenters. The second-order valence-electron chi connectivity index (χ2n) is 12.2. The Labute approximate surface area is 263 Å². The number of rotatable bonds is 7. The number of hydrogen-bond acceptors (Lipinski definition) is 8. The summed E-state index contributed by atoms with van der Waals surface area (Å²) in [4.78, 5) is 31.3. The van der Waals surface area contributed by atoms with Gasteiger partial charge in [0, 0.05) is 55.7 Å². The Hall–Kier alpha value is -4.67. The number of nitrogens with zero attached hydrogens (tertiary/aromatic N) is 7. The number of pyridine rings is 1. The van der Waals surface area contributed by atoms with E-state index >= 15 is 0 Å². The summed E-state index contributed by atoms with van der Waals surface area (Å²) >= 11 is 0. The molecule has 1 amide bonds. The molecule has 0 radical (unpaired) electrons. The SMILES string of the molecule is CN1CCN(C2CCC(n3nc(-c4ccc(C(NC(=O)c5ccncc5)c5ccccc5)cc4)c4c(N)ncnc43)CC2)CC1. The molecule has 4 heterocycles. The maximum Gasteiger partial charge on any atom is 0.252 e. The zero-order valence-electron chi connectivity index (χ0n) is 25.6. The van der Waals surface area contributed by atoms with Crippen molar-refractivity contribution < 1.29 is 4.79 Å². The molecule has 10 nitrogen and oxygen atoms in total. The summed E-state index contributed by atoms with van der Waals surface area (Å²) < 4.78 is 2.10. The van der Waals surface area contributed by atoms with Crippen LogP contribution >= 0.6 is 0 Å². The van der Waals surface area contributed by atoms with Crippen LogP contribution in [-0.4, -0.2) is 79.7 Å². The Morgan fingerprint density at radius 3 is 2.22 bits per heavy atom. The molecule has 230 valence electrons. The lowest BCUT2D eigenvalue weighted by Crippen LogP contribution is -2.49. The number of amides is 1. The first kappa shape index (κ1) is 29.1. The molecular weight excluding hydrogens is 562 g/mol. The number of nitrogens with one attached hydrogen (secondary N) is 1. The number of nitrogens with two attached hydrogens (primary N) is 1. The third-order valence-electron chi connectivity index (χ3n) is 9.45. The average Bonchev–Trinajstić information content (AvgIpc) is 3.49. The van der Waals surface area contributed by atoms with Crippen LogP contribution in [0.5, 0.6) is 0 Å². The second kappa shape index (κ2) is 12.7. The van der Waals surface area contributed by atoms with Crippen LogP contribution in [0.2, 0.25) is 0 Å². The molecule has 45 heavy (non-hydrogen) atoms. The number of fused-ring (bicyclic) bond motifs is 1. The minimum atomic E-state index is -0.334. The molecule has 2 aliphatic rings. The first-order chi connectivity index (χ1) is 22.0. The fourth-order valence-electron chi connectivity index (χ4n) is 6.86. The van der Waals surface area contributed by atoms with Gasteiger partial charge in [0.25, 0.3) is 5.91 Å². The van der Waals surface area contributed by atoms with Crippen molar-refractivity contribution in [1.29, 1.82) is 0 Å². The van der Waals surface area contributed by atoms with Crippen molar-refractivity contribution in [2.75, 3.05) is 39.0 Å². The molecule has 10 heteroatoms. The molecule has 3 aromatic heterocycles. The van der Waals surface area contributed by atoms with E-state index in [1.807, 2.05) is 54.6 Å². The molecule has 1 aliphatic heterocycles. The third-order valence-corrected chi connectivity index (χ3v) is 9.45. The predicted molar refractivity (Wildman–Crippen MR) is 176 cm³/mol. The van der Waals surface area contributed by atoms with Gasteiger partial charge >= 0.3 is 0 Å². The summed E-state index contributed by atoms with van der Waals surface area (Å²) in [6.07, 6.45) is 9.23. The van der Waals surface area contributed by atoms with E-state index in [4.69, 9.17) is 10.8 Å². The lowest BCUT2D eigenvalue weighted by Gasteiger charge is -2.41. The fourth-order valence-corrected chi connectivity index (χ4v) is 6.86. The Morgan fingerprint density at radius 1 is 0.844 bits per heavy atom. The van der Waals surface area contributed by atoms with Crippen LogP contribution < -0.4 is 11.1 Å². The van der Waals surface area contributed by atoms with Crippen molar-refractivity contribution in [1.82, 2.24) is 39.8 Å². The highest BCUT2D eigenvalue weighted by atomic mass is 16.1. The van der Waals surface area contributed by atoms with Crippen molar-refractivity contribution in [3.63, 3.8) is 0 Å². The smallest absolute Gasteiger partial charge is 0.252 e.